The normalized spacial score (nSPS) is 15.8. The number of hydrogen-bond donors (Lipinski definition) is 2. The van der Waals surface area contributed by atoms with Gasteiger partial charge in [-0.15, -0.1) is 0 Å². The van der Waals surface area contributed by atoms with Crippen LogP contribution < -0.4 is 5.32 Å². The molecule has 2 N–H and O–H groups in total. The van der Waals surface area contributed by atoms with E-state index in [0.717, 1.165) is 38.9 Å². The fraction of sp³-hybridized carbons (Fsp3) is 0.647. The van der Waals surface area contributed by atoms with Gasteiger partial charge in [0, 0.05) is 19.7 Å². The van der Waals surface area contributed by atoms with Crippen LogP contribution in [-0.4, -0.2) is 36.2 Å². The molecule has 0 amide bonds. The van der Waals surface area contributed by atoms with Crippen molar-refractivity contribution in [2.75, 3.05) is 26.2 Å². The van der Waals surface area contributed by atoms with Crippen LogP contribution in [0.1, 0.15) is 43.2 Å². The van der Waals surface area contributed by atoms with Gasteiger partial charge in [-0.3, -0.25) is 4.90 Å². The zero-order valence-corrected chi connectivity index (χ0v) is 12.5. The highest BCUT2D eigenvalue weighted by Crippen LogP contribution is 2.13. The van der Waals surface area contributed by atoms with Crippen LogP contribution in [0.15, 0.2) is 24.3 Å². The Morgan fingerprint density at radius 1 is 0.950 bits per heavy atom. The Labute approximate surface area is 123 Å². The summed E-state index contributed by atoms with van der Waals surface area (Å²) < 4.78 is 0. The minimum Gasteiger partial charge on any atom is -0.396 e. The average molecular weight is 276 g/mol. The van der Waals surface area contributed by atoms with Gasteiger partial charge in [-0.2, -0.15) is 0 Å². The second kappa shape index (κ2) is 9.11. The third-order valence-corrected chi connectivity index (χ3v) is 3.97. The molecule has 2 rings (SSSR count). The number of aliphatic hydroxyl groups is 1. The Kier molecular flexibility index (Phi) is 7.06. The van der Waals surface area contributed by atoms with Crippen molar-refractivity contribution in [3.8, 4) is 0 Å². The Bertz CT molecular complexity index is 358. The second-order valence-electron chi connectivity index (χ2n) is 5.76. The highest BCUT2D eigenvalue weighted by Gasteiger charge is 2.11. The third-order valence-electron chi connectivity index (χ3n) is 3.97. The van der Waals surface area contributed by atoms with E-state index in [0.29, 0.717) is 6.61 Å². The number of hydrogen-bond acceptors (Lipinski definition) is 3. The summed E-state index contributed by atoms with van der Waals surface area (Å²) in [5.41, 5.74) is 2.79. The minimum absolute atomic E-state index is 0.318. The first kappa shape index (κ1) is 15.5. The van der Waals surface area contributed by atoms with Crippen molar-refractivity contribution in [1.29, 1.82) is 0 Å². The maximum absolute atomic E-state index is 8.70. The summed E-state index contributed by atoms with van der Waals surface area (Å²) in [6.45, 7) is 5.93. The van der Waals surface area contributed by atoms with Gasteiger partial charge >= 0.3 is 0 Å². The molecule has 1 aromatic rings. The monoisotopic (exact) mass is 276 g/mol. The summed E-state index contributed by atoms with van der Waals surface area (Å²) in [7, 11) is 0. The lowest BCUT2D eigenvalue weighted by atomic mass is 10.1. The summed E-state index contributed by atoms with van der Waals surface area (Å²) >= 11 is 0. The van der Waals surface area contributed by atoms with Crippen molar-refractivity contribution >= 4 is 0 Å². The van der Waals surface area contributed by atoms with Crippen molar-refractivity contribution in [3.05, 3.63) is 35.4 Å². The van der Waals surface area contributed by atoms with Crippen LogP contribution in [0, 0.1) is 0 Å². The maximum Gasteiger partial charge on any atom is 0.0431 e. The summed E-state index contributed by atoms with van der Waals surface area (Å²) in [6.07, 6.45) is 5.90. The van der Waals surface area contributed by atoms with Gasteiger partial charge in [-0.25, -0.2) is 0 Å². The summed E-state index contributed by atoms with van der Waals surface area (Å²) in [5.74, 6) is 0. The number of rotatable bonds is 9. The van der Waals surface area contributed by atoms with Gasteiger partial charge in [0.15, 0.2) is 0 Å². The fourth-order valence-electron chi connectivity index (χ4n) is 2.73. The minimum atomic E-state index is 0.318. The van der Waals surface area contributed by atoms with E-state index in [9.17, 15) is 0 Å². The lowest BCUT2D eigenvalue weighted by Crippen LogP contribution is -2.18. The highest BCUT2D eigenvalue weighted by molar-refractivity contribution is 5.22. The molecule has 1 aliphatic heterocycles. The van der Waals surface area contributed by atoms with Crippen molar-refractivity contribution in [3.63, 3.8) is 0 Å². The summed E-state index contributed by atoms with van der Waals surface area (Å²) in [5, 5.41) is 12.2. The largest absolute Gasteiger partial charge is 0.396 e. The number of benzene rings is 1. The second-order valence-corrected chi connectivity index (χ2v) is 5.76. The predicted octanol–water partition coefficient (Wildman–Crippen LogP) is 2.53. The molecule has 0 aromatic heterocycles. The highest BCUT2D eigenvalue weighted by atomic mass is 16.2. The van der Waals surface area contributed by atoms with E-state index in [2.05, 4.69) is 34.5 Å². The predicted molar refractivity (Wildman–Crippen MR) is 83.6 cm³/mol. The van der Waals surface area contributed by atoms with Crippen molar-refractivity contribution in [2.24, 2.45) is 0 Å². The van der Waals surface area contributed by atoms with Crippen LogP contribution >= 0.6 is 0 Å². The molecule has 1 aromatic carbocycles. The first-order chi connectivity index (χ1) is 9.88. The molecule has 20 heavy (non-hydrogen) atoms. The first-order valence-electron chi connectivity index (χ1n) is 8.00. The quantitative estimate of drug-likeness (QED) is 0.680. The SMILES string of the molecule is OCCCCCNCc1ccc(CN2CCCC2)cc1. The molecule has 1 aliphatic rings. The number of unbranched alkanes of at least 4 members (excludes halogenated alkanes) is 2. The average Bonchev–Trinajstić information content (AvgIpc) is 2.97. The molecular weight excluding hydrogens is 248 g/mol. The lowest BCUT2D eigenvalue weighted by molar-refractivity contribution is 0.283. The van der Waals surface area contributed by atoms with Gasteiger partial charge in [0.25, 0.3) is 0 Å². The Balaban J connectivity index is 1.63. The number of aliphatic hydroxyl groups excluding tert-OH is 1. The first-order valence-corrected chi connectivity index (χ1v) is 8.00. The van der Waals surface area contributed by atoms with E-state index in [1.165, 1.54) is 37.1 Å². The van der Waals surface area contributed by atoms with E-state index in [4.69, 9.17) is 5.11 Å². The van der Waals surface area contributed by atoms with Crippen LogP contribution in [0.2, 0.25) is 0 Å². The van der Waals surface area contributed by atoms with Gasteiger partial charge in [-0.1, -0.05) is 24.3 Å². The summed E-state index contributed by atoms with van der Waals surface area (Å²) in [6, 6.07) is 9.01. The van der Waals surface area contributed by atoms with Gasteiger partial charge in [-0.05, 0) is 62.9 Å². The number of likely N-dealkylation sites (tertiary alicyclic amines) is 1. The molecule has 0 bridgehead atoms. The van der Waals surface area contributed by atoms with Crippen LogP contribution in [0.4, 0.5) is 0 Å². The molecular formula is C17H28N2O. The molecule has 3 heteroatoms. The molecule has 0 spiro atoms. The van der Waals surface area contributed by atoms with Gasteiger partial charge < -0.3 is 10.4 Å². The number of nitrogens with one attached hydrogen (secondary N) is 1. The Hall–Kier alpha value is -0.900. The molecule has 3 nitrogen and oxygen atoms in total. The Morgan fingerprint density at radius 3 is 2.35 bits per heavy atom. The van der Waals surface area contributed by atoms with Gasteiger partial charge in [0.1, 0.15) is 0 Å². The standard InChI is InChI=1S/C17H28N2O/c20-13-5-1-2-10-18-14-16-6-8-17(9-7-16)15-19-11-3-4-12-19/h6-9,18,20H,1-5,10-15H2. The van der Waals surface area contributed by atoms with Gasteiger partial charge in [0.2, 0.25) is 0 Å². The van der Waals surface area contributed by atoms with E-state index < -0.39 is 0 Å². The number of nitrogens with zero attached hydrogens (tertiary/aromatic N) is 1. The maximum atomic E-state index is 8.70. The third kappa shape index (κ3) is 5.61. The van der Waals surface area contributed by atoms with Crippen LogP contribution in [0.5, 0.6) is 0 Å². The molecule has 0 saturated carbocycles. The molecule has 1 fully saturated rings. The molecule has 0 radical (unpaired) electrons. The Morgan fingerprint density at radius 2 is 1.65 bits per heavy atom. The molecule has 0 unspecified atom stereocenters. The molecule has 1 heterocycles. The van der Waals surface area contributed by atoms with Gasteiger partial charge in [0.05, 0.1) is 0 Å². The van der Waals surface area contributed by atoms with E-state index in [1.54, 1.807) is 0 Å². The van der Waals surface area contributed by atoms with Crippen molar-refractivity contribution in [2.45, 2.75) is 45.2 Å². The van der Waals surface area contributed by atoms with E-state index in [1.807, 2.05) is 0 Å². The molecule has 112 valence electrons. The van der Waals surface area contributed by atoms with Crippen LogP contribution in [0.25, 0.3) is 0 Å². The summed E-state index contributed by atoms with van der Waals surface area (Å²) in [4.78, 5) is 2.54. The molecule has 0 atom stereocenters. The smallest absolute Gasteiger partial charge is 0.0431 e. The van der Waals surface area contributed by atoms with Crippen LogP contribution in [0.3, 0.4) is 0 Å². The van der Waals surface area contributed by atoms with Crippen LogP contribution in [-0.2, 0) is 13.1 Å². The van der Waals surface area contributed by atoms with E-state index in [-0.39, 0.29) is 0 Å². The zero-order valence-electron chi connectivity index (χ0n) is 12.5. The fourth-order valence-corrected chi connectivity index (χ4v) is 2.73. The van der Waals surface area contributed by atoms with Crippen molar-refractivity contribution in [1.82, 2.24) is 10.2 Å². The van der Waals surface area contributed by atoms with Crippen molar-refractivity contribution < 1.29 is 5.11 Å². The lowest BCUT2D eigenvalue weighted by Gasteiger charge is -2.14. The molecule has 0 aliphatic carbocycles. The van der Waals surface area contributed by atoms with E-state index >= 15 is 0 Å². The zero-order chi connectivity index (χ0) is 14.0. The molecule has 1 saturated heterocycles. The topological polar surface area (TPSA) is 35.5 Å².